The highest BCUT2D eigenvalue weighted by atomic mass is 127. The molecule has 1 aromatic rings. The third-order valence-electron chi connectivity index (χ3n) is 1.31. The predicted octanol–water partition coefficient (Wildman–Crippen LogP) is 1.92. The van der Waals surface area contributed by atoms with Crippen LogP contribution in [-0.2, 0) is 0 Å². The molecule has 0 heterocycles. The minimum absolute atomic E-state index is 0.274. The summed E-state index contributed by atoms with van der Waals surface area (Å²) >= 11 is 1.71. The first-order valence-electron chi connectivity index (χ1n) is 2.92. The maximum Gasteiger partial charge on any atom is 0.295 e. The van der Waals surface area contributed by atoms with Crippen LogP contribution in [0.5, 0.6) is 0 Å². The Kier molecular flexibility index (Phi) is 2.46. The highest BCUT2D eigenvalue weighted by Crippen LogP contribution is 2.26. The average molecular weight is 282 g/mol. The van der Waals surface area contributed by atoms with Gasteiger partial charge >= 0.3 is 0 Å². The summed E-state index contributed by atoms with van der Waals surface area (Å²) in [6, 6.07) is 2.49. The van der Waals surface area contributed by atoms with E-state index in [1.165, 1.54) is 12.1 Å². The first kappa shape index (κ1) is 9.17. The molecule has 0 unspecified atom stereocenters. The zero-order valence-corrected chi connectivity index (χ0v) is 7.91. The Morgan fingerprint density at radius 3 is 2.67 bits per heavy atom. The summed E-state index contributed by atoms with van der Waals surface area (Å²) in [6.07, 6.45) is 0. The number of nitro groups is 1. The highest BCUT2D eigenvalue weighted by Gasteiger charge is 2.16. The Bertz CT molecular complexity index is 343. The third-order valence-corrected chi connectivity index (χ3v) is 2.14. The third kappa shape index (κ3) is 1.47. The lowest BCUT2D eigenvalue weighted by molar-refractivity contribution is -0.384. The molecular weight excluding hydrogens is 278 g/mol. The van der Waals surface area contributed by atoms with Gasteiger partial charge in [0.25, 0.3) is 5.69 Å². The molecule has 0 saturated heterocycles. The average Bonchev–Trinajstić information content (AvgIpc) is 2.00. The van der Waals surface area contributed by atoms with Gasteiger partial charge in [0.05, 0.1) is 8.49 Å². The summed E-state index contributed by atoms with van der Waals surface area (Å²) in [5.74, 6) is -0.732. The van der Waals surface area contributed by atoms with E-state index in [4.69, 9.17) is 5.73 Å². The number of benzene rings is 1. The Balaban J connectivity index is 3.36. The van der Waals surface area contributed by atoms with Gasteiger partial charge in [0, 0.05) is 6.07 Å². The van der Waals surface area contributed by atoms with Crippen LogP contribution in [0.4, 0.5) is 15.8 Å². The van der Waals surface area contributed by atoms with Crippen molar-refractivity contribution in [1.29, 1.82) is 0 Å². The van der Waals surface area contributed by atoms with Crippen LogP contribution in [0, 0.1) is 19.5 Å². The van der Waals surface area contributed by atoms with E-state index >= 15 is 0 Å². The molecule has 1 rings (SSSR count). The Morgan fingerprint density at radius 1 is 1.58 bits per heavy atom. The molecule has 6 heteroatoms. The summed E-state index contributed by atoms with van der Waals surface area (Å²) in [5, 5.41) is 10.2. The van der Waals surface area contributed by atoms with Gasteiger partial charge in [-0.1, -0.05) is 0 Å². The molecule has 0 radical (unpaired) electrons. The van der Waals surface area contributed by atoms with Crippen molar-refractivity contribution in [3.8, 4) is 0 Å². The zero-order valence-electron chi connectivity index (χ0n) is 5.75. The van der Waals surface area contributed by atoms with Gasteiger partial charge in [-0.2, -0.15) is 0 Å². The van der Waals surface area contributed by atoms with Gasteiger partial charge in [-0.25, -0.2) is 4.39 Å². The Hall–Kier alpha value is -0.920. The van der Waals surface area contributed by atoms with E-state index in [0.717, 1.165) is 0 Å². The second-order valence-electron chi connectivity index (χ2n) is 2.05. The normalized spacial score (nSPS) is 9.83. The van der Waals surface area contributed by atoms with E-state index in [1.807, 2.05) is 0 Å². The number of rotatable bonds is 1. The number of halogens is 2. The van der Waals surface area contributed by atoms with Crippen LogP contribution in [0.25, 0.3) is 0 Å². The number of nitro benzene ring substituents is 1. The molecule has 0 spiro atoms. The first-order chi connectivity index (χ1) is 5.54. The lowest BCUT2D eigenvalue weighted by atomic mass is 10.2. The molecule has 12 heavy (non-hydrogen) atoms. The van der Waals surface area contributed by atoms with Crippen LogP contribution >= 0.6 is 22.6 Å². The van der Waals surface area contributed by atoms with Crippen molar-refractivity contribution in [3.63, 3.8) is 0 Å². The maximum absolute atomic E-state index is 12.9. The number of anilines is 1. The summed E-state index contributed by atoms with van der Waals surface area (Å²) < 4.78 is 13.2. The molecule has 0 atom stereocenters. The van der Waals surface area contributed by atoms with Gasteiger partial charge in [-0.3, -0.25) is 10.1 Å². The van der Waals surface area contributed by atoms with E-state index in [9.17, 15) is 14.5 Å². The molecule has 0 aliphatic heterocycles. The minimum Gasteiger partial charge on any atom is -0.391 e. The number of nitrogen functional groups attached to an aromatic ring is 1. The van der Waals surface area contributed by atoms with Crippen molar-refractivity contribution >= 4 is 34.0 Å². The monoisotopic (exact) mass is 282 g/mol. The van der Waals surface area contributed by atoms with Crippen LogP contribution in [-0.4, -0.2) is 4.92 Å². The van der Waals surface area contributed by atoms with Crippen LogP contribution in [0.15, 0.2) is 12.1 Å². The molecule has 64 valence electrons. The van der Waals surface area contributed by atoms with Gasteiger partial charge in [0.15, 0.2) is 5.82 Å². The lowest BCUT2D eigenvalue weighted by Crippen LogP contribution is -1.99. The Morgan fingerprint density at radius 2 is 2.17 bits per heavy atom. The minimum atomic E-state index is -0.732. The maximum atomic E-state index is 12.9. The second-order valence-corrected chi connectivity index (χ2v) is 3.21. The molecule has 4 nitrogen and oxygen atoms in total. The van der Waals surface area contributed by atoms with E-state index in [-0.39, 0.29) is 3.57 Å². The molecule has 2 N–H and O–H groups in total. The number of nitrogens with two attached hydrogens (primary N) is 1. The van der Waals surface area contributed by atoms with Gasteiger partial charge in [0.1, 0.15) is 5.69 Å². The number of hydrogen-bond acceptors (Lipinski definition) is 3. The second kappa shape index (κ2) is 3.21. The summed E-state index contributed by atoms with van der Waals surface area (Å²) in [5.41, 5.74) is 4.36. The van der Waals surface area contributed by atoms with Crippen LogP contribution in [0.3, 0.4) is 0 Å². The molecule has 0 aliphatic carbocycles. The van der Waals surface area contributed by atoms with E-state index in [1.54, 1.807) is 22.6 Å². The van der Waals surface area contributed by atoms with Gasteiger partial charge < -0.3 is 5.73 Å². The summed E-state index contributed by atoms with van der Waals surface area (Å²) in [4.78, 5) is 9.53. The van der Waals surface area contributed by atoms with Crippen LogP contribution < -0.4 is 5.73 Å². The van der Waals surface area contributed by atoms with E-state index in [2.05, 4.69) is 0 Å². The molecular formula is C6H4FIN2O2. The topological polar surface area (TPSA) is 69.2 Å². The van der Waals surface area contributed by atoms with Crippen LogP contribution in [0.1, 0.15) is 0 Å². The largest absolute Gasteiger partial charge is 0.391 e. The van der Waals surface area contributed by atoms with Gasteiger partial charge in [-0.05, 0) is 28.7 Å². The molecule has 0 fully saturated rings. The lowest BCUT2D eigenvalue weighted by Gasteiger charge is -1.99. The van der Waals surface area contributed by atoms with Gasteiger partial charge in [-0.15, -0.1) is 0 Å². The molecule has 1 aromatic carbocycles. The van der Waals surface area contributed by atoms with Crippen molar-refractivity contribution < 1.29 is 9.31 Å². The summed E-state index contributed by atoms with van der Waals surface area (Å²) in [6.45, 7) is 0. The fraction of sp³-hybridized carbons (Fsp3) is 0. The number of hydrogen-bond donors (Lipinski definition) is 1. The predicted molar refractivity (Wildman–Crippen MR) is 50.2 cm³/mol. The standard InChI is InChI=1S/C6H4FIN2O2/c7-5-3(8)1-2-4(6(5)9)10(11)12/h1-2H,9H2. The fourth-order valence-corrected chi connectivity index (χ4v) is 1.19. The zero-order chi connectivity index (χ0) is 9.30. The molecule has 0 aliphatic rings. The molecule has 0 aromatic heterocycles. The molecule has 0 saturated carbocycles. The smallest absolute Gasteiger partial charge is 0.295 e. The van der Waals surface area contributed by atoms with Crippen molar-refractivity contribution in [2.45, 2.75) is 0 Å². The van der Waals surface area contributed by atoms with Crippen molar-refractivity contribution in [1.82, 2.24) is 0 Å². The molecule has 0 amide bonds. The Labute approximate surface area is 80.9 Å². The van der Waals surface area contributed by atoms with E-state index in [0.29, 0.717) is 0 Å². The van der Waals surface area contributed by atoms with Crippen molar-refractivity contribution in [2.75, 3.05) is 5.73 Å². The quantitative estimate of drug-likeness (QED) is 0.370. The fourth-order valence-electron chi connectivity index (χ4n) is 0.715. The van der Waals surface area contributed by atoms with Crippen molar-refractivity contribution in [2.24, 2.45) is 0 Å². The van der Waals surface area contributed by atoms with Crippen LogP contribution in [0.2, 0.25) is 0 Å². The van der Waals surface area contributed by atoms with Gasteiger partial charge in [0.2, 0.25) is 0 Å². The van der Waals surface area contributed by atoms with Crippen molar-refractivity contribution in [3.05, 3.63) is 31.6 Å². The van der Waals surface area contributed by atoms with E-state index < -0.39 is 22.1 Å². The first-order valence-corrected chi connectivity index (χ1v) is 3.99. The number of nitrogens with zero attached hydrogens (tertiary/aromatic N) is 1. The summed E-state index contributed by atoms with van der Waals surface area (Å²) in [7, 11) is 0. The SMILES string of the molecule is Nc1c([N+](=O)[O-])ccc(I)c1F. The molecule has 0 bridgehead atoms. The highest BCUT2D eigenvalue weighted by molar-refractivity contribution is 14.1.